The van der Waals surface area contributed by atoms with E-state index in [1.807, 2.05) is 0 Å². The molecule has 0 aliphatic carbocycles. The summed E-state index contributed by atoms with van der Waals surface area (Å²) in [6.07, 6.45) is 1.77. The molecule has 2 aromatic carbocycles. The third-order valence-corrected chi connectivity index (χ3v) is 4.86. The first-order valence-corrected chi connectivity index (χ1v) is 10.5. The number of hydrogen-bond acceptors (Lipinski definition) is 7. The molecule has 8 nitrogen and oxygen atoms in total. The van der Waals surface area contributed by atoms with Gasteiger partial charge in [-0.2, -0.15) is 0 Å². The Morgan fingerprint density at radius 2 is 1.34 bits per heavy atom. The van der Waals surface area contributed by atoms with Gasteiger partial charge in [0.25, 0.3) is 0 Å². The zero-order chi connectivity index (χ0) is 23.5. The predicted molar refractivity (Wildman–Crippen MR) is 119 cm³/mol. The van der Waals surface area contributed by atoms with E-state index in [-0.39, 0.29) is 13.1 Å². The fraction of sp³-hybridized carbons (Fsp3) is 0.375. The molecule has 1 atom stereocenters. The van der Waals surface area contributed by atoms with Crippen LogP contribution < -0.4 is 15.2 Å². The van der Waals surface area contributed by atoms with Gasteiger partial charge in [0.05, 0.1) is 0 Å². The highest BCUT2D eigenvalue weighted by atomic mass is 16.5. The summed E-state index contributed by atoms with van der Waals surface area (Å²) >= 11 is 0. The van der Waals surface area contributed by atoms with Crippen molar-refractivity contribution < 1.29 is 29.0 Å². The minimum Gasteiger partial charge on any atom is -0.480 e. The van der Waals surface area contributed by atoms with Gasteiger partial charge in [0.15, 0.2) is 0 Å². The first-order valence-electron chi connectivity index (χ1n) is 10.5. The summed E-state index contributed by atoms with van der Waals surface area (Å²) in [4.78, 5) is 37.0. The van der Waals surface area contributed by atoms with E-state index < -0.39 is 23.9 Å². The van der Waals surface area contributed by atoms with Crippen LogP contribution in [0, 0.1) is 0 Å². The van der Waals surface area contributed by atoms with Crippen LogP contribution in [-0.4, -0.2) is 40.5 Å². The highest BCUT2D eigenvalue weighted by Crippen LogP contribution is 2.27. The molecule has 0 saturated carbocycles. The number of carbonyl (C=O) groups is 3. The molecule has 0 spiro atoms. The largest absolute Gasteiger partial charge is 0.480 e. The lowest BCUT2D eigenvalue weighted by Gasteiger charge is -2.30. The highest BCUT2D eigenvalue weighted by molar-refractivity contribution is 5.73. The number of hydrogen-bond donors (Lipinski definition) is 2. The SMILES string of the molecule is CC(=O)Oc1ccccc1CN(Cc1ccccc1OC(C)=O)C(CCCCN)C(=O)O. The third-order valence-electron chi connectivity index (χ3n) is 4.86. The number of rotatable bonds is 12. The van der Waals surface area contributed by atoms with Crippen molar-refractivity contribution in [1.29, 1.82) is 0 Å². The van der Waals surface area contributed by atoms with Crippen LogP contribution in [0.4, 0.5) is 0 Å². The number of para-hydroxylation sites is 2. The molecule has 2 rings (SSSR count). The molecule has 0 radical (unpaired) electrons. The van der Waals surface area contributed by atoms with Gasteiger partial charge in [0, 0.05) is 38.1 Å². The van der Waals surface area contributed by atoms with Crippen molar-refractivity contribution in [1.82, 2.24) is 4.90 Å². The zero-order valence-electron chi connectivity index (χ0n) is 18.5. The molecule has 0 fully saturated rings. The number of nitrogens with zero attached hydrogens (tertiary/aromatic N) is 1. The molecular formula is C24H30N2O6. The molecule has 0 amide bonds. The van der Waals surface area contributed by atoms with Crippen LogP contribution >= 0.6 is 0 Å². The number of esters is 2. The van der Waals surface area contributed by atoms with E-state index in [0.717, 1.165) is 0 Å². The topological polar surface area (TPSA) is 119 Å². The molecular weight excluding hydrogens is 412 g/mol. The van der Waals surface area contributed by atoms with E-state index in [1.165, 1.54) is 13.8 Å². The molecule has 0 heterocycles. The standard InChI is InChI=1S/C24H30N2O6/c1-17(27)31-22-12-5-3-9-19(22)15-26(21(24(29)30)11-7-8-14-25)16-20-10-4-6-13-23(20)32-18(2)28/h3-6,9-10,12-13,21H,7-8,11,14-16,25H2,1-2H3,(H,29,30). The fourth-order valence-electron chi connectivity index (χ4n) is 3.44. The first kappa shape index (κ1) is 25.0. The van der Waals surface area contributed by atoms with Crippen LogP contribution in [0.2, 0.25) is 0 Å². The van der Waals surface area contributed by atoms with Crippen LogP contribution in [0.15, 0.2) is 48.5 Å². The van der Waals surface area contributed by atoms with Crippen LogP contribution in [0.25, 0.3) is 0 Å². The maximum absolute atomic E-state index is 12.2. The lowest BCUT2D eigenvalue weighted by Crippen LogP contribution is -2.40. The summed E-state index contributed by atoms with van der Waals surface area (Å²) in [6.45, 7) is 3.55. The second-order valence-electron chi connectivity index (χ2n) is 7.45. The second kappa shape index (κ2) is 12.6. The summed E-state index contributed by atoms with van der Waals surface area (Å²) in [5.41, 5.74) is 6.95. The van der Waals surface area contributed by atoms with Gasteiger partial charge in [-0.25, -0.2) is 0 Å². The maximum Gasteiger partial charge on any atom is 0.320 e. The number of unbranched alkanes of at least 4 members (excludes halogenated alkanes) is 1. The van der Waals surface area contributed by atoms with E-state index in [2.05, 4.69) is 0 Å². The van der Waals surface area contributed by atoms with E-state index in [4.69, 9.17) is 15.2 Å². The Morgan fingerprint density at radius 3 is 1.75 bits per heavy atom. The molecule has 0 saturated heterocycles. The molecule has 1 unspecified atom stereocenters. The molecule has 0 aromatic heterocycles. The maximum atomic E-state index is 12.2. The number of carbonyl (C=O) groups excluding carboxylic acids is 2. The molecule has 0 aliphatic rings. The van der Waals surface area contributed by atoms with Crippen LogP contribution in [0.5, 0.6) is 11.5 Å². The van der Waals surface area contributed by atoms with Crippen molar-refractivity contribution in [2.24, 2.45) is 5.73 Å². The zero-order valence-corrected chi connectivity index (χ0v) is 18.5. The summed E-state index contributed by atoms with van der Waals surface area (Å²) in [6, 6.07) is 13.2. The van der Waals surface area contributed by atoms with E-state index in [0.29, 0.717) is 48.4 Å². The third kappa shape index (κ3) is 7.79. The fourth-order valence-corrected chi connectivity index (χ4v) is 3.44. The Balaban J connectivity index is 2.41. The van der Waals surface area contributed by atoms with Crippen molar-refractivity contribution in [3.63, 3.8) is 0 Å². The Kier molecular flexibility index (Phi) is 9.84. The number of benzene rings is 2. The molecule has 8 heteroatoms. The number of ether oxygens (including phenoxy) is 2. The molecule has 0 bridgehead atoms. The monoisotopic (exact) mass is 442 g/mol. The number of carboxylic acid groups (broad SMARTS) is 1. The van der Waals surface area contributed by atoms with Crippen molar-refractivity contribution in [2.45, 2.75) is 52.2 Å². The van der Waals surface area contributed by atoms with Gasteiger partial charge in [-0.05, 0) is 31.5 Å². The average molecular weight is 443 g/mol. The Hall–Kier alpha value is -3.23. The molecule has 172 valence electrons. The summed E-state index contributed by atoms with van der Waals surface area (Å²) in [7, 11) is 0. The van der Waals surface area contributed by atoms with Crippen molar-refractivity contribution in [2.75, 3.05) is 6.54 Å². The van der Waals surface area contributed by atoms with Crippen LogP contribution in [0.1, 0.15) is 44.2 Å². The molecule has 3 N–H and O–H groups in total. The number of nitrogens with two attached hydrogens (primary N) is 1. The van der Waals surface area contributed by atoms with E-state index in [1.54, 1.807) is 53.4 Å². The van der Waals surface area contributed by atoms with Gasteiger partial charge < -0.3 is 20.3 Å². The minimum atomic E-state index is -0.961. The number of carboxylic acids is 1. The molecule has 0 aliphatic heterocycles. The second-order valence-corrected chi connectivity index (χ2v) is 7.45. The van der Waals surface area contributed by atoms with Crippen LogP contribution in [0.3, 0.4) is 0 Å². The van der Waals surface area contributed by atoms with Gasteiger partial charge >= 0.3 is 17.9 Å². The Morgan fingerprint density at radius 1 is 0.875 bits per heavy atom. The Bertz CT molecular complexity index is 869. The average Bonchev–Trinajstić information content (AvgIpc) is 2.72. The van der Waals surface area contributed by atoms with E-state index >= 15 is 0 Å². The van der Waals surface area contributed by atoms with E-state index in [9.17, 15) is 19.5 Å². The number of aliphatic carboxylic acids is 1. The van der Waals surface area contributed by atoms with Gasteiger partial charge in [0.1, 0.15) is 17.5 Å². The minimum absolute atomic E-state index is 0.220. The predicted octanol–water partition coefficient (Wildman–Crippen LogP) is 3.12. The lowest BCUT2D eigenvalue weighted by molar-refractivity contribution is -0.144. The quantitative estimate of drug-likeness (QED) is 0.292. The summed E-state index contributed by atoms with van der Waals surface area (Å²) in [5, 5.41) is 9.98. The van der Waals surface area contributed by atoms with Crippen molar-refractivity contribution in [3.8, 4) is 11.5 Å². The normalized spacial score (nSPS) is 11.8. The highest BCUT2D eigenvalue weighted by Gasteiger charge is 2.27. The first-order chi connectivity index (χ1) is 15.3. The molecule has 2 aromatic rings. The van der Waals surface area contributed by atoms with Gasteiger partial charge in [-0.1, -0.05) is 42.8 Å². The van der Waals surface area contributed by atoms with Gasteiger partial charge in [0.2, 0.25) is 0 Å². The van der Waals surface area contributed by atoms with Crippen molar-refractivity contribution >= 4 is 17.9 Å². The van der Waals surface area contributed by atoms with Gasteiger partial charge in [-0.3, -0.25) is 19.3 Å². The lowest BCUT2D eigenvalue weighted by atomic mass is 10.0. The smallest absolute Gasteiger partial charge is 0.320 e. The van der Waals surface area contributed by atoms with Crippen LogP contribution in [-0.2, 0) is 27.5 Å². The summed E-state index contributed by atoms with van der Waals surface area (Å²) < 4.78 is 10.6. The summed E-state index contributed by atoms with van der Waals surface area (Å²) in [5.74, 6) is -1.12. The van der Waals surface area contributed by atoms with Crippen molar-refractivity contribution in [3.05, 3.63) is 59.7 Å². The molecule has 32 heavy (non-hydrogen) atoms. The Labute approximate surface area is 187 Å². The van der Waals surface area contributed by atoms with Gasteiger partial charge in [-0.15, -0.1) is 0 Å².